The third kappa shape index (κ3) is 2.96. The van der Waals surface area contributed by atoms with E-state index in [9.17, 15) is 14.7 Å². The number of hydrogen-bond acceptors (Lipinski definition) is 4. The topological polar surface area (TPSA) is 66.8 Å². The largest absolute Gasteiger partial charge is 0.503 e. The molecule has 5 nitrogen and oxygen atoms in total. The molecule has 2 aromatic carbocycles. The lowest BCUT2D eigenvalue weighted by Crippen LogP contribution is -2.31. The first-order chi connectivity index (χ1) is 12.5. The lowest BCUT2D eigenvalue weighted by Gasteiger charge is -2.27. The average molecular weight is 351 g/mol. The van der Waals surface area contributed by atoms with Gasteiger partial charge in [0.05, 0.1) is 18.7 Å². The van der Waals surface area contributed by atoms with Gasteiger partial charge in [-0.05, 0) is 42.3 Å². The van der Waals surface area contributed by atoms with Gasteiger partial charge < -0.3 is 9.84 Å². The maximum atomic E-state index is 12.8. The lowest BCUT2D eigenvalue weighted by atomic mass is 9.94. The first kappa shape index (κ1) is 17.7. The number of methoxy groups -OCH3 is 1. The standard InChI is InChI=1S/C21H21NO4/c1-4-17(23)18-19(14-8-10-16(26-3)11-9-14)22(21(25)20(18)24)15-7-5-6-13(2)12-15/h5-12,19,24H,4H2,1-3H3. The Morgan fingerprint density at radius 1 is 1.19 bits per heavy atom. The van der Waals surface area contributed by atoms with Gasteiger partial charge in [-0.1, -0.05) is 31.2 Å². The van der Waals surface area contributed by atoms with Gasteiger partial charge in [-0.15, -0.1) is 0 Å². The molecule has 1 amide bonds. The molecule has 1 aliphatic rings. The Morgan fingerprint density at radius 2 is 1.88 bits per heavy atom. The summed E-state index contributed by atoms with van der Waals surface area (Å²) in [5.74, 6) is -0.601. The number of benzene rings is 2. The summed E-state index contributed by atoms with van der Waals surface area (Å²) in [6.07, 6.45) is 0.209. The molecule has 3 rings (SSSR count). The van der Waals surface area contributed by atoms with Crippen molar-refractivity contribution in [3.05, 3.63) is 71.0 Å². The number of aliphatic hydroxyl groups is 1. The second-order valence-corrected chi connectivity index (χ2v) is 6.23. The number of aliphatic hydroxyl groups excluding tert-OH is 1. The fourth-order valence-electron chi connectivity index (χ4n) is 3.23. The van der Waals surface area contributed by atoms with E-state index in [1.165, 1.54) is 4.90 Å². The predicted octanol–water partition coefficient (Wildman–Crippen LogP) is 3.88. The van der Waals surface area contributed by atoms with E-state index in [0.29, 0.717) is 11.4 Å². The van der Waals surface area contributed by atoms with Crippen LogP contribution in [0.15, 0.2) is 59.9 Å². The lowest BCUT2D eigenvalue weighted by molar-refractivity contribution is -0.118. The van der Waals surface area contributed by atoms with Crippen LogP contribution >= 0.6 is 0 Å². The molecule has 0 aromatic heterocycles. The van der Waals surface area contributed by atoms with Crippen molar-refractivity contribution in [2.24, 2.45) is 0 Å². The number of carbonyl (C=O) groups excluding carboxylic acids is 2. The van der Waals surface area contributed by atoms with E-state index < -0.39 is 17.7 Å². The Kier molecular flexibility index (Phi) is 4.80. The molecule has 2 aromatic rings. The van der Waals surface area contributed by atoms with Crippen LogP contribution in [0.2, 0.25) is 0 Å². The van der Waals surface area contributed by atoms with Crippen molar-refractivity contribution < 1.29 is 19.4 Å². The summed E-state index contributed by atoms with van der Waals surface area (Å²) in [5.41, 5.74) is 2.51. The summed E-state index contributed by atoms with van der Waals surface area (Å²) < 4.78 is 5.19. The zero-order chi connectivity index (χ0) is 18.8. The van der Waals surface area contributed by atoms with Gasteiger partial charge in [-0.3, -0.25) is 14.5 Å². The zero-order valence-electron chi connectivity index (χ0n) is 15.0. The number of ketones is 1. The highest BCUT2D eigenvalue weighted by molar-refractivity contribution is 6.16. The first-order valence-electron chi connectivity index (χ1n) is 8.48. The predicted molar refractivity (Wildman–Crippen MR) is 99.4 cm³/mol. The Labute approximate surface area is 152 Å². The minimum Gasteiger partial charge on any atom is -0.503 e. The number of aryl methyl sites for hydroxylation is 1. The van der Waals surface area contributed by atoms with Crippen LogP contribution in [0.25, 0.3) is 0 Å². The molecule has 1 unspecified atom stereocenters. The third-order valence-corrected chi connectivity index (χ3v) is 4.54. The molecule has 1 atom stereocenters. The van der Waals surface area contributed by atoms with Crippen LogP contribution in [-0.2, 0) is 9.59 Å². The average Bonchev–Trinajstić information content (AvgIpc) is 2.92. The molecule has 0 aliphatic carbocycles. The molecule has 0 saturated carbocycles. The van der Waals surface area contributed by atoms with Crippen molar-refractivity contribution >= 4 is 17.4 Å². The fourth-order valence-corrected chi connectivity index (χ4v) is 3.23. The minimum absolute atomic E-state index is 0.143. The number of anilines is 1. The van der Waals surface area contributed by atoms with Crippen molar-refractivity contribution in [2.75, 3.05) is 12.0 Å². The van der Waals surface area contributed by atoms with Crippen molar-refractivity contribution in [1.82, 2.24) is 0 Å². The smallest absolute Gasteiger partial charge is 0.294 e. The highest BCUT2D eigenvalue weighted by Crippen LogP contribution is 2.41. The molecule has 134 valence electrons. The summed E-state index contributed by atoms with van der Waals surface area (Å²) >= 11 is 0. The molecule has 0 saturated heterocycles. The number of ether oxygens (including phenoxy) is 1. The van der Waals surface area contributed by atoms with E-state index >= 15 is 0 Å². The molecule has 0 bridgehead atoms. The quantitative estimate of drug-likeness (QED) is 0.888. The van der Waals surface area contributed by atoms with Gasteiger partial charge in [-0.25, -0.2) is 0 Å². The Morgan fingerprint density at radius 3 is 2.46 bits per heavy atom. The summed E-state index contributed by atoms with van der Waals surface area (Å²) in [5, 5.41) is 10.4. The maximum Gasteiger partial charge on any atom is 0.294 e. The molecule has 0 radical (unpaired) electrons. The van der Waals surface area contributed by atoms with E-state index in [1.807, 2.05) is 25.1 Å². The fraction of sp³-hybridized carbons (Fsp3) is 0.238. The van der Waals surface area contributed by atoms with Crippen molar-refractivity contribution in [3.8, 4) is 5.75 Å². The molecule has 1 aliphatic heterocycles. The monoisotopic (exact) mass is 351 g/mol. The number of carbonyl (C=O) groups is 2. The highest BCUT2D eigenvalue weighted by Gasteiger charge is 2.43. The highest BCUT2D eigenvalue weighted by atomic mass is 16.5. The SMILES string of the molecule is CCC(=O)C1=C(O)C(=O)N(c2cccc(C)c2)C1c1ccc(OC)cc1. The first-order valence-corrected chi connectivity index (χ1v) is 8.48. The second-order valence-electron chi connectivity index (χ2n) is 6.23. The van der Waals surface area contributed by atoms with Crippen LogP contribution in [0.4, 0.5) is 5.69 Å². The number of hydrogen-bond donors (Lipinski definition) is 1. The summed E-state index contributed by atoms with van der Waals surface area (Å²) in [7, 11) is 1.57. The van der Waals surface area contributed by atoms with Gasteiger partial charge in [0.2, 0.25) is 0 Å². The van der Waals surface area contributed by atoms with Crippen LogP contribution in [0.5, 0.6) is 5.75 Å². The van der Waals surface area contributed by atoms with Crippen molar-refractivity contribution in [1.29, 1.82) is 0 Å². The van der Waals surface area contributed by atoms with E-state index in [4.69, 9.17) is 4.74 Å². The van der Waals surface area contributed by atoms with Crippen LogP contribution in [-0.4, -0.2) is 23.9 Å². The zero-order valence-corrected chi connectivity index (χ0v) is 15.0. The summed E-state index contributed by atoms with van der Waals surface area (Å²) in [4.78, 5) is 26.8. The van der Waals surface area contributed by atoms with Crippen molar-refractivity contribution in [2.45, 2.75) is 26.3 Å². The van der Waals surface area contributed by atoms with Crippen LogP contribution in [0.1, 0.15) is 30.5 Å². The molecule has 5 heteroatoms. The number of amides is 1. The number of nitrogens with zero attached hydrogens (tertiary/aromatic N) is 1. The van der Waals surface area contributed by atoms with Gasteiger partial charge in [0, 0.05) is 12.1 Å². The van der Waals surface area contributed by atoms with Crippen molar-refractivity contribution in [3.63, 3.8) is 0 Å². The molecule has 0 fully saturated rings. The minimum atomic E-state index is -0.664. The van der Waals surface area contributed by atoms with E-state index in [2.05, 4.69) is 0 Å². The van der Waals surface area contributed by atoms with E-state index in [-0.39, 0.29) is 17.8 Å². The van der Waals surface area contributed by atoms with Gasteiger partial charge in [0.15, 0.2) is 11.5 Å². The molecule has 0 spiro atoms. The van der Waals surface area contributed by atoms with Gasteiger partial charge >= 0.3 is 0 Å². The van der Waals surface area contributed by atoms with E-state index in [1.54, 1.807) is 44.4 Å². The van der Waals surface area contributed by atoms with Crippen LogP contribution in [0, 0.1) is 6.92 Å². The Balaban J connectivity index is 2.16. The van der Waals surface area contributed by atoms with Gasteiger partial charge in [-0.2, -0.15) is 0 Å². The Hall–Kier alpha value is -3.08. The molecule has 26 heavy (non-hydrogen) atoms. The van der Waals surface area contributed by atoms with Gasteiger partial charge in [0.25, 0.3) is 5.91 Å². The molecular weight excluding hydrogens is 330 g/mol. The molecule has 1 heterocycles. The summed E-state index contributed by atoms with van der Waals surface area (Å²) in [6.45, 7) is 3.64. The number of Topliss-reactive ketones (excluding diaryl/α,β-unsaturated/α-hetero) is 1. The molecule has 1 N–H and O–H groups in total. The third-order valence-electron chi connectivity index (χ3n) is 4.54. The van der Waals surface area contributed by atoms with Gasteiger partial charge in [0.1, 0.15) is 5.75 Å². The number of rotatable bonds is 5. The van der Waals surface area contributed by atoms with Crippen LogP contribution < -0.4 is 9.64 Å². The molecular formula is C21H21NO4. The normalized spacial score (nSPS) is 17.0. The maximum absolute atomic E-state index is 12.8. The van der Waals surface area contributed by atoms with E-state index in [0.717, 1.165) is 11.1 Å². The second kappa shape index (κ2) is 7.04. The van der Waals surface area contributed by atoms with Crippen LogP contribution in [0.3, 0.4) is 0 Å². The Bertz CT molecular complexity index is 883. The summed E-state index contributed by atoms with van der Waals surface area (Å²) in [6, 6.07) is 13.9.